The summed E-state index contributed by atoms with van der Waals surface area (Å²) in [5.41, 5.74) is 7.83. The molecule has 0 aliphatic carbocycles. The van der Waals surface area contributed by atoms with Gasteiger partial charge in [-0.1, -0.05) is 74.0 Å². The van der Waals surface area contributed by atoms with Crippen molar-refractivity contribution in [2.24, 2.45) is 5.73 Å². The van der Waals surface area contributed by atoms with Gasteiger partial charge in [0.25, 0.3) is 0 Å². The lowest BCUT2D eigenvalue weighted by molar-refractivity contribution is -0.131. The Morgan fingerprint density at radius 1 is 0.732 bits per heavy atom. The Balaban J connectivity index is 1.57. The van der Waals surface area contributed by atoms with Crippen LogP contribution < -0.4 is 26.4 Å². The minimum Gasteiger partial charge on any atom is -0.494 e. The van der Waals surface area contributed by atoms with Crippen molar-refractivity contribution < 1.29 is 23.9 Å². The number of anilines is 1. The zero-order valence-electron chi connectivity index (χ0n) is 23.3. The first-order valence-electron chi connectivity index (χ1n) is 13.8. The molecule has 216 valence electrons. The Labute approximate surface area is 240 Å². The lowest BCUT2D eigenvalue weighted by atomic mass is 10.0. The number of unbranched alkanes of at least 4 members (excludes halogenated alkanes) is 1. The van der Waals surface area contributed by atoms with Crippen LogP contribution in [0.25, 0.3) is 0 Å². The zero-order chi connectivity index (χ0) is 29.5. The number of amides is 4. The van der Waals surface area contributed by atoms with Crippen molar-refractivity contribution in [3.05, 3.63) is 96.1 Å². The first kappa shape index (κ1) is 30.9. The van der Waals surface area contributed by atoms with E-state index < -0.39 is 29.8 Å². The molecule has 0 aliphatic rings. The van der Waals surface area contributed by atoms with E-state index in [-0.39, 0.29) is 31.6 Å². The second kappa shape index (κ2) is 16.4. The van der Waals surface area contributed by atoms with Crippen LogP contribution in [0, 0.1) is 0 Å². The summed E-state index contributed by atoms with van der Waals surface area (Å²) in [4.78, 5) is 50.6. The zero-order valence-corrected chi connectivity index (χ0v) is 23.3. The van der Waals surface area contributed by atoms with Gasteiger partial charge in [-0.3, -0.25) is 19.2 Å². The molecule has 0 aromatic heterocycles. The Bertz CT molecular complexity index is 1270. The van der Waals surface area contributed by atoms with E-state index in [1.54, 1.807) is 24.3 Å². The number of nitrogens with two attached hydrogens (primary N) is 1. The third-order valence-corrected chi connectivity index (χ3v) is 6.36. The molecule has 0 spiro atoms. The monoisotopic (exact) mass is 558 g/mol. The van der Waals surface area contributed by atoms with Crippen molar-refractivity contribution in [3.63, 3.8) is 0 Å². The van der Waals surface area contributed by atoms with E-state index in [0.717, 1.165) is 29.7 Å². The van der Waals surface area contributed by atoms with E-state index in [0.29, 0.717) is 12.3 Å². The van der Waals surface area contributed by atoms with E-state index in [4.69, 9.17) is 10.5 Å². The molecule has 41 heavy (non-hydrogen) atoms. The summed E-state index contributed by atoms with van der Waals surface area (Å²) in [6.45, 7) is 2.73. The van der Waals surface area contributed by atoms with E-state index in [1.165, 1.54) is 0 Å². The number of hydrogen-bond donors (Lipinski definition) is 4. The molecule has 0 aliphatic heterocycles. The van der Waals surface area contributed by atoms with Crippen molar-refractivity contribution in [2.45, 2.75) is 57.5 Å². The number of carbonyl (C=O) groups is 4. The molecule has 9 heteroatoms. The molecule has 0 bridgehead atoms. The predicted octanol–water partition coefficient (Wildman–Crippen LogP) is 3.52. The normalized spacial score (nSPS) is 12.0. The SMILES string of the molecule is CCCCOc1ccc(NC(=O)CCC(=O)N[C@@H](Cc2ccccc2)C(=O)N[C@@H](Cc2ccccc2)C(N)=O)cc1. The standard InChI is InChI=1S/C32H38N4O5/c1-2-3-20-41-26-16-14-25(15-17-26)34-29(37)18-19-30(38)35-28(22-24-12-8-5-9-13-24)32(40)36-27(31(33)39)21-23-10-6-4-7-11-23/h4-17,27-28H,2-3,18-22H2,1H3,(H2,33,39)(H,34,37)(H,35,38)(H,36,40)/t27-,28-/m0/s1. The highest BCUT2D eigenvalue weighted by atomic mass is 16.5. The Morgan fingerprint density at radius 2 is 1.29 bits per heavy atom. The van der Waals surface area contributed by atoms with E-state index in [1.807, 2.05) is 60.7 Å². The number of ether oxygens (including phenoxy) is 1. The maximum absolute atomic E-state index is 13.3. The molecule has 2 atom stereocenters. The number of carbonyl (C=O) groups excluding carboxylic acids is 4. The quantitative estimate of drug-likeness (QED) is 0.199. The number of rotatable bonds is 16. The average molecular weight is 559 g/mol. The molecule has 0 unspecified atom stereocenters. The summed E-state index contributed by atoms with van der Waals surface area (Å²) in [6.07, 6.45) is 2.24. The van der Waals surface area contributed by atoms with Crippen LogP contribution in [0.2, 0.25) is 0 Å². The Morgan fingerprint density at radius 3 is 1.85 bits per heavy atom. The molecular weight excluding hydrogens is 520 g/mol. The van der Waals surface area contributed by atoms with Crippen LogP contribution >= 0.6 is 0 Å². The van der Waals surface area contributed by atoms with Gasteiger partial charge in [-0.2, -0.15) is 0 Å². The Kier molecular flexibility index (Phi) is 12.4. The van der Waals surface area contributed by atoms with Gasteiger partial charge in [0, 0.05) is 31.4 Å². The van der Waals surface area contributed by atoms with Gasteiger partial charge >= 0.3 is 0 Å². The van der Waals surface area contributed by atoms with Crippen LogP contribution in [-0.4, -0.2) is 42.3 Å². The fourth-order valence-corrected chi connectivity index (χ4v) is 4.09. The summed E-state index contributed by atoms with van der Waals surface area (Å²) in [5.74, 6) is -1.28. The van der Waals surface area contributed by atoms with Crippen LogP contribution in [-0.2, 0) is 32.0 Å². The highest BCUT2D eigenvalue weighted by molar-refractivity contribution is 5.95. The first-order valence-corrected chi connectivity index (χ1v) is 13.8. The van der Waals surface area contributed by atoms with Crippen LogP contribution in [0.15, 0.2) is 84.9 Å². The van der Waals surface area contributed by atoms with Crippen LogP contribution in [0.3, 0.4) is 0 Å². The van der Waals surface area contributed by atoms with Gasteiger partial charge in [-0.15, -0.1) is 0 Å². The molecule has 3 rings (SSSR count). The van der Waals surface area contributed by atoms with Gasteiger partial charge in [-0.05, 0) is 41.8 Å². The molecule has 0 fully saturated rings. The van der Waals surface area contributed by atoms with Crippen molar-refractivity contribution in [1.82, 2.24) is 10.6 Å². The van der Waals surface area contributed by atoms with Crippen LogP contribution in [0.1, 0.15) is 43.7 Å². The third kappa shape index (κ3) is 11.2. The van der Waals surface area contributed by atoms with Gasteiger partial charge in [0.1, 0.15) is 17.8 Å². The van der Waals surface area contributed by atoms with E-state index >= 15 is 0 Å². The number of benzene rings is 3. The first-order chi connectivity index (χ1) is 19.8. The average Bonchev–Trinajstić information content (AvgIpc) is 2.97. The van der Waals surface area contributed by atoms with E-state index in [9.17, 15) is 19.2 Å². The fraction of sp³-hybridized carbons (Fsp3) is 0.312. The molecule has 3 aromatic rings. The fourth-order valence-electron chi connectivity index (χ4n) is 4.09. The largest absolute Gasteiger partial charge is 0.494 e. The molecule has 0 saturated carbocycles. The lowest BCUT2D eigenvalue weighted by Crippen LogP contribution is -2.54. The molecule has 0 heterocycles. The van der Waals surface area contributed by atoms with Gasteiger partial charge in [0.2, 0.25) is 23.6 Å². The van der Waals surface area contributed by atoms with Crippen LogP contribution in [0.5, 0.6) is 5.75 Å². The predicted molar refractivity (Wildman–Crippen MR) is 158 cm³/mol. The molecule has 4 amide bonds. The molecular formula is C32H38N4O5. The summed E-state index contributed by atoms with van der Waals surface area (Å²) >= 11 is 0. The van der Waals surface area contributed by atoms with Crippen molar-refractivity contribution in [1.29, 1.82) is 0 Å². The lowest BCUT2D eigenvalue weighted by Gasteiger charge is -2.22. The molecule has 0 radical (unpaired) electrons. The highest BCUT2D eigenvalue weighted by Crippen LogP contribution is 2.16. The third-order valence-electron chi connectivity index (χ3n) is 6.36. The highest BCUT2D eigenvalue weighted by Gasteiger charge is 2.26. The minimum absolute atomic E-state index is 0.0713. The Hall–Kier alpha value is -4.66. The topological polar surface area (TPSA) is 140 Å². The molecule has 3 aromatic carbocycles. The van der Waals surface area contributed by atoms with Gasteiger partial charge < -0.3 is 26.4 Å². The summed E-state index contributed by atoms with van der Waals surface area (Å²) in [7, 11) is 0. The summed E-state index contributed by atoms with van der Waals surface area (Å²) < 4.78 is 5.63. The summed E-state index contributed by atoms with van der Waals surface area (Å²) in [6, 6.07) is 23.5. The van der Waals surface area contributed by atoms with Gasteiger partial charge in [0.05, 0.1) is 6.61 Å². The second-order valence-corrected chi connectivity index (χ2v) is 9.74. The maximum atomic E-state index is 13.3. The van der Waals surface area contributed by atoms with Gasteiger partial charge in [-0.25, -0.2) is 0 Å². The van der Waals surface area contributed by atoms with Crippen LogP contribution in [0.4, 0.5) is 5.69 Å². The molecule has 5 N–H and O–H groups in total. The summed E-state index contributed by atoms with van der Waals surface area (Å²) in [5, 5.41) is 8.18. The van der Waals surface area contributed by atoms with Crippen molar-refractivity contribution in [2.75, 3.05) is 11.9 Å². The smallest absolute Gasteiger partial charge is 0.243 e. The number of hydrogen-bond acceptors (Lipinski definition) is 5. The number of primary amides is 1. The number of nitrogens with one attached hydrogen (secondary N) is 3. The maximum Gasteiger partial charge on any atom is 0.243 e. The molecule has 9 nitrogen and oxygen atoms in total. The molecule has 0 saturated heterocycles. The second-order valence-electron chi connectivity index (χ2n) is 9.74. The van der Waals surface area contributed by atoms with Crippen molar-refractivity contribution >= 4 is 29.3 Å². The minimum atomic E-state index is -0.967. The van der Waals surface area contributed by atoms with Gasteiger partial charge in [0.15, 0.2) is 0 Å². The van der Waals surface area contributed by atoms with E-state index in [2.05, 4.69) is 22.9 Å². The van der Waals surface area contributed by atoms with Crippen molar-refractivity contribution in [3.8, 4) is 5.75 Å².